The Balaban J connectivity index is 0.000000315. The van der Waals surface area contributed by atoms with E-state index in [1.54, 1.807) is 82.1 Å². The third-order valence-corrected chi connectivity index (χ3v) is 31.8. The largest absolute Gasteiger partial charge is 0.460 e. The van der Waals surface area contributed by atoms with E-state index in [-0.39, 0.29) is 141 Å². The summed E-state index contributed by atoms with van der Waals surface area (Å²) in [5, 5.41) is 67.5. The van der Waals surface area contributed by atoms with Crippen molar-refractivity contribution in [3.8, 4) is 0 Å². The van der Waals surface area contributed by atoms with Crippen LogP contribution in [0.15, 0.2) is 120 Å². The van der Waals surface area contributed by atoms with Gasteiger partial charge in [-0.15, -0.1) is 0 Å². The number of methoxy groups -OCH3 is 4. The molecule has 0 radical (unpaired) electrons. The molecule has 2 saturated carbocycles. The Kier molecular flexibility index (Phi) is 47.6. The zero-order valence-electron chi connectivity index (χ0n) is 87.9. The summed E-state index contributed by atoms with van der Waals surface area (Å²) >= 11 is 0. The summed E-state index contributed by atoms with van der Waals surface area (Å²) in [5.41, 5.74) is 4.40. The van der Waals surface area contributed by atoms with E-state index in [0.717, 1.165) is 60.8 Å². The topological polar surface area (TPSA) is 384 Å². The van der Waals surface area contributed by atoms with Crippen molar-refractivity contribution in [2.75, 3.05) is 81.2 Å². The van der Waals surface area contributed by atoms with Gasteiger partial charge in [-0.1, -0.05) is 155 Å². The molecular weight excluding hydrogens is 1810 g/mol. The number of allylic oxidation sites excluding steroid dienone is 12. The molecule has 141 heavy (non-hydrogen) atoms. The number of ketones is 4. The molecule has 0 aromatic carbocycles. The maximum atomic E-state index is 14.6. The van der Waals surface area contributed by atoms with Gasteiger partial charge in [-0.3, -0.25) is 28.8 Å². The summed E-state index contributed by atoms with van der Waals surface area (Å²) in [4.78, 5) is 118. The number of amides is 2. The number of carbonyl (C=O) groups excluding carboxylic acids is 8. The molecule has 0 aromatic rings. The van der Waals surface area contributed by atoms with Crippen molar-refractivity contribution < 1.29 is 131 Å². The lowest BCUT2D eigenvalue weighted by molar-refractivity contribution is -0.266. The van der Waals surface area contributed by atoms with Crippen LogP contribution >= 0.6 is 0 Å². The van der Waals surface area contributed by atoms with E-state index in [0.29, 0.717) is 140 Å². The first-order chi connectivity index (χ1) is 67.1. The highest BCUT2D eigenvalue weighted by Gasteiger charge is 2.56. The van der Waals surface area contributed by atoms with Crippen LogP contribution < -0.4 is 0 Å². The Bertz CT molecular complexity index is 4330. The lowest BCUT2D eigenvalue weighted by atomic mass is 9.78. The molecule has 29 nitrogen and oxygen atoms in total. The summed E-state index contributed by atoms with van der Waals surface area (Å²) in [5.74, 6) is -13.8. The Hall–Kier alpha value is -6.72. The smallest absolute Gasteiger partial charge is 0.329 e. The number of carbonyl (C=O) groups is 8. The van der Waals surface area contributed by atoms with Crippen molar-refractivity contribution in [1.29, 1.82) is 0 Å². The van der Waals surface area contributed by atoms with Gasteiger partial charge in [-0.25, -0.2) is 9.59 Å². The molecule has 2 amide bonds. The Morgan fingerprint density at radius 2 is 0.865 bits per heavy atom. The molecule has 794 valence electrons. The van der Waals surface area contributed by atoms with Gasteiger partial charge in [0.05, 0.1) is 87.5 Å². The summed E-state index contributed by atoms with van der Waals surface area (Å²) in [6, 6.07) is -2.26. The quantitative estimate of drug-likeness (QED) is 0.0397. The van der Waals surface area contributed by atoms with Gasteiger partial charge in [0.15, 0.2) is 0 Å². The van der Waals surface area contributed by atoms with Crippen LogP contribution in [-0.4, -0.2) is 290 Å². The van der Waals surface area contributed by atoms with Crippen molar-refractivity contribution in [3.63, 3.8) is 0 Å². The number of Topliss-reactive ketones (excluding diaryl/α,β-unsaturated/α-hetero) is 4. The number of hydrogen-bond acceptors (Lipinski definition) is 27. The maximum Gasteiger partial charge on any atom is 0.329 e. The van der Waals surface area contributed by atoms with Crippen LogP contribution in [0.3, 0.4) is 0 Å². The second-order valence-electron chi connectivity index (χ2n) is 42.9. The highest BCUT2D eigenvalue weighted by molar-refractivity contribution is 6.39. The molecule has 6 N–H and O–H groups in total. The van der Waals surface area contributed by atoms with Gasteiger partial charge in [0.25, 0.3) is 23.4 Å². The summed E-state index contributed by atoms with van der Waals surface area (Å²) in [6.45, 7) is 37.8. The highest BCUT2D eigenvalue weighted by atomic mass is 16.7. The maximum absolute atomic E-state index is 14.6. The molecule has 8 heterocycles. The minimum absolute atomic E-state index is 0.00678. The molecule has 6 saturated heterocycles. The van der Waals surface area contributed by atoms with Crippen molar-refractivity contribution in [2.24, 2.45) is 71.0 Å². The fourth-order valence-corrected chi connectivity index (χ4v) is 22.0. The Labute approximate surface area is 839 Å². The van der Waals surface area contributed by atoms with Crippen molar-refractivity contribution in [2.45, 2.75) is 385 Å². The van der Waals surface area contributed by atoms with Gasteiger partial charge in [-0.05, 0) is 250 Å². The van der Waals surface area contributed by atoms with E-state index in [9.17, 15) is 69.0 Å². The monoisotopic (exact) mass is 1980 g/mol. The van der Waals surface area contributed by atoms with Gasteiger partial charge in [0.1, 0.15) is 60.3 Å². The number of aliphatic hydroxyl groups excluding tert-OH is 4. The zero-order valence-corrected chi connectivity index (χ0v) is 87.9. The fourth-order valence-electron chi connectivity index (χ4n) is 22.0. The normalized spacial score (nSPS) is 40.2. The number of esters is 2. The predicted molar refractivity (Wildman–Crippen MR) is 536 cm³/mol. The van der Waals surface area contributed by atoms with Crippen molar-refractivity contribution >= 4 is 46.9 Å². The predicted octanol–water partition coefficient (Wildman–Crippen LogP) is 14.7. The highest BCUT2D eigenvalue weighted by Crippen LogP contribution is 2.43. The van der Waals surface area contributed by atoms with Gasteiger partial charge in [0.2, 0.25) is 11.6 Å². The van der Waals surface area contributed by atoms with Crippen LogP contribution in [0, 0.1) is 71.0 Å². The average molecular weight is 1980 g/mol. The molecular formula is C112H174N2O27. The number of ether oxygens (including phenoxy) is 13. The standard InChI is InChI=1S/C57H89NO14.C55H85NO13/c1-35-16-12-11-13-17-36(2)49(70-34-45-23-26-68-45)32-44-21-19-41(7)57(65,72-44)54(62)55(63)58-24-15-14-18-46(58)56(64)71-50(39(5)30-43-20-22-48(69-27-25-59)51(31-43)66-9)33-47(60)38(4)29-40(6)52(61)53(67-10)42(8)37(3)28-35;1-33-16-12-11-13-17-34(2)47(67-32-43-23-25-66-43)30-42-21-19-39(7)55(63,69-42)52(60)53(61)56-24-15-14-18-44(56)54(62)68-48(37(5)28-41-20-22-45(57)49(29-41)64-9)31-46(58)36(4)27-38(6)50(59)51(65-10)40(8)35(3)26-33/h11-13,16-17,29,35,37-39,41,43-46,48-53,59,61,65H,8,14-15,18-28,30-34H2,1-7,9-10H3;11-13,16-17,27,33,35-37,39,41-45,47-51,57,59,63H,8,14-15,18-26,28-32H2,1-7,9-10H3/b13-11+,16-12+,36-17+,40-29+;13-11+,16-12+,34-17+,38-27+. The molecule has 10 aliphatic rings. The Morgan fingerprint density at radius 1 is 0.461 bits per heavy atom. The summed E-state index contributed by atoms with van der Waals surface area (Å²) in [6.07, 6.45) is 28.3. The first-order valence-corrected chi connectivity index (χ1v) is 52.7. The van der Waals surface area contributed by atoms with E-state index in [1.807, 2.05) is 76.3 Å². The van der Waals surface area contributed by atoms with Crippen LogP contribution in [0.4, 0.5) is 0 Å². The number of nitrogens with zero attached hydrogens (tertiary/aromatic N) is 2. The van der Waals surface area contributed by atoms with Crippen LogP contribution in [0.25, 0.3) is 0 Å². The van der Waals surface area contributed by atoms with E-state index in [4.69, 9.17) is 61.6 Å². The molecule has 32 unspecified atom stereocenters. The average Bonchev–Trinajstić information content (AvgIpc) is 0.775. The van der Waals surface area contributed by atoms with E-state index < -0.39 is 150 Å². The second kappa shape index (κ2) is 57.0. The number of hydrogen-bond donors (Lipinski definition) is 6. The number of cyclic esters (lactones) is 2. The van der Waals surface area contributed by atoms with E-state index in [2.05, 4.69) is 53.0 Å². The molecule has 8 aliphatic heterocycles. The molecule has 29 heteroatoms. The summed E-state index contributed by atoms with van der Waals surface area (Å²) < 4.78 is 78.4. The second-order valence-corrected chi connectivity index (χ2v) is 42.9. The van der Waals surface area contributed by atoms with Gasteiger partial charge in [0, 0.05) is 104 Å². The third kappa shape index (κ3) is 33.1. The van der Waals surface area contributed by atoms with Crippen LogP contribution in [0.2, 0.25) is 0 Å². The van der Waals surface area contributed by atoms with Crippen LogP contribution in [-0.2, 0) is 99.9 Å². The summed E-state index contributed by atoms with van der Waals surface area (Å²) in [7, 11) is 6.31. The SMILES string of the molecule is C=C1C(C)CC(C)/C=C/C=C/C=C(\C)C(OCC2CCO2)CC2CCC(C)C(O)(O2)C(=O)C(=O)N2CCCCC2C(=O)OC(C(C)CC2CCC(O)C(OC)C2)CC(=O)C(C)/C=C(\C)C(O)C1OC.C=C1C(C)CC(C)/C=C/C=C/C=C(\C)C(OCC2CCO2)CC2CCC(C)C(O)(O2)C(=O)C(=O)N2CCCCC2C(=O)OC(C(C)CC2CCC(OCCO)C(OC)C2)CC(=O)C(C)/C=C(\C)C(O)C1OC. The fraction of sp³-hybridized carbons (Fsp3) is 0.750. The molecule has 10 rings (SSSR count). The lowest BCUT2D eigenvalue weighted by Gasteiger charge is -2.43. The van der Waals surface area contributed by atoms with Crippen LogP contribution in [0.1, 0.15) is 264 Å². The first kappa shape index (κ1) is 118. The molecule has 8 fully saturated rings. The van der Waals surface area contributed by atoms with Gasteiger partial charge < -0.3 is 102 Å². The molecule has 0 spiro atoms. The van der Waals surface area contributed by atoms with Crippen molar-refractivity contribution in [1.82, 2.24) is 9.80 Å². The molecule has 32 atom stereocenters. The number of piperidine rings is 2. The number of fused-ring (bicyclic) bond motifs is 6. The molecule has 4 bridgehead atoms. The first-order valence-electron chi connectivity index (χ1n) is 52.7. The minimum atomic E-state index is -2.44. The van der Waals surface area contributed by atoms with E-state index >= 15 is 0 Å². The van der Waals surface area contributed by atoms with Crippen molar-refractivity contribution in [3.05, 3.63) is 120 Å². The lowest BCUT2D eigenvalue weighted by Crippen LogP contribution is -2.61. The van der Waals surface area contributed by atoms with Gasteiger partial charge >= 0.3 is 11.9 Å². The van der Waals surface area contributed by atoms with Crippen LogP contribution in [0.5, 0.6) is 0 Å². The third-order valence-electron chi connectivity index (χ3n) is 31.8. The van der Waals surface area contributed by atoms with E-state index in [1.165, 1.54) is 9.80 Å². The minimum Gasteiger partial charge on any atom is -0.460 e. The number of rotatable bonds is 19. The zero-order chi connectivity index (χ0) is 103. The molecule has 2 aliphatic carbocycles. The van der Waals surface area contributed by atoms with Gasteiger partial charge in [-0.2, -0.15) is 0 Å². The molecule has 0 aromatic heterocycles. The Morgan fingerprint density at radius 3 is 1.25 bits per heavy atom. The number of aliphatic hydroxyl groups is 6.